The Bertz CT molecular complexity index is 711. The van der Waals surface area contributed by atoms with Crippen LogP contribution in [0.1, 0.15) is 12.8 Å². The molecular formula is C15H16FN5. The summed E-state index contributed by atoms with van der Waals surface area (Å²) < 4.78 is 15.1. The Kier molecular flexibility index (Phi) is 4.04. The Morgan fingerprint density at radius 2 is 1.95 bits per heavy atom. The molecular weight excluding hydrogens is 269 g/mol. The standard InChI is InChI=1S/C15H16FN5/c16-12-3-4-13-14(5-7-18-15(13)9-12)17-6-1-2-8-21-10-19-20-11-21/h3-5,7,9-11H,1-2,6,8H2,(H,17,18). The van der Waals surface area contributed by atoms with Crippen LogP contribution in [0, 0.1) is 5.82 Å². The minimum absolute atomic E-state index is 0.263. The number of nitrogens with zero attached hydrogens (tertiary/aromatic N) is 4. The van der Waals surface area contributed by atoms with Gasteiger partial charge < -0.3 is 9.88 Å². The molecule has 0 saturated carbocycles. The van der Waals surface area contributed by atoms with Crippen LogP contribution < -0.4 is 5.32 Å². The molecule has 3 aromatic rings. The maximum absolute atomic E-state index is 13.2. The number of anilines is 1. The van der Waals surface area contributed by atoms with E-state index in [2.05, 4.69) is 20.5 Å². The predicted molar refractivity (Wildman–Crippen MR) is 79.4 cm³/mol. The van der Waals surface area contributed by atoms with Crippen LogP contribution in [0.2, 0.25) is 0 Å². The van der Waals surface area contributed by atoms with Gasteiger partial charge in [0.05, 0.1) is 5.52 Å². The number of benzene rings is 1. The molecule has 0 fully saturated rings. The summed E-state index contributed by atoms with van der Waals surface area (Å²) in [6, 6.07) is 6.59. The molecule has 0 spiro atoms. The second-order valence-corrected chi connectivity index (χ2v) is 4.85. The van der Waals surface area contributed by atoms with Crippen molar-refractivity contribution in [1.82, 2.24) is 19.7 Å². The average molecular weight is 285 g/mol. The molecule has 0 aliphatic carbocycles. The first kappa shape index (κ1) is 13.5. The van der Waals surface area contributed by atoms with Crippen LogP contribution in [0.25, 0.3) is 10.9 Å². The van der Waals surface area contributed by atoms with Crippen molar-refractivity contribution in [3.05, 3.63) is 48.9 Å². The zero-order chi connectivity index (χ0) is 14.5. The smallest absolute Gasteiger partial charge is 0.125 e. The van der Waals surface area contributed by atoms with Crippen molar-refractivity contribution in [2.45, 2.75) is 19.4 Å². The third kappa shape index (κ3) is 3.34. The quantitative estimate of drug-likeness (QED) is 0.708. The van der Waals surface area contributed by atoms with Crippen LogP contribution in [0.4, 0.5) is 10.1 Å². The van der Waals surface area contributed by atoms with E-state index >= 15 is 0 Å². The Hall–Kier alpha value is -2.50. The highest BCUT2D eigenvalue weighted by Gasteiger charge is 2.02. The SMILES string of the molecule is Fc1ccc2c(NCCCCn3cnnc3)ccnc2c1. The molecule has 0 aliphatic heterocycles. The summed E-state index contributed by atoms with van der Waals surface area (Å²) in [5.74, 6) is -0.263. The lowest BCUT2D eigenvalue weighted by Crippen LogP contribution is -2.04. The predicted octanol–water partition coefficient (Wildman–Crippen LogP) is 2.86. The molecule has 0 unspecified atom stereocenters. The number of rotatable bonds is 6. The first-order valence-electron chi connectivity index (χ1n) is 6.93. The van der Waals surface area contributed by atoms with Gasteiger partial charge in [-0.1, -0.05) is 0 Å². The summed E-state index contributed by atoms with van der Waals surface area (Å²) in [6.07, 6.45) is 7.21. The highest BCUT2D eigenvalue weighted by Crippen LogP contribution is 2.22. The number of unbranched alkanes of at least 4 members (excludes halogenated alkanes) is 1. The van der Waals surface area contributed by atoms with Crippen molar-refractivity contribution >= 4 is 16.6 Å². The van der Waals surface area contributed by atoms with E-state index in [1.54, 1.807) is 24.9 Å². The molecule has 1 aromatic carbocycles. The summed E-state index contributed by atoms with van der Waals surface area (Å²) in [4.78, 5) is 4.18. The Morgan fingerprint density at radius 3 is 2.81 bits per heavy atom. The minimum Gasteiger partial charge on any atom is -0.384 e. The third-order valence-corrected chi connectivity index (χ3v) is 3.33. The van der Waals surface area contributed by atoms with Crippen molar-refractivity contribution in [2.24, 2.45) is 0 Å². The summed E-state index contributed by atoms with van der Waals surface area (Å²) >= 11 is 0. The van der Waals surface area contributed by atoms with Gasteiger partial charge in [0.15, 0.2) is 0 Å². The van der Waals surface area contributed by atoms with Gasteiger partial charge in [0.2, 0.25) is 0 Å². The molecule has 0 aliphatic rings. The summed E-state index contributed by atoms with van der Waals surface area (Å²) in [5, 5.41) is 11.9. The van der Waals surface area contributed by atoms with Crippen LogP contribution in [0.3, 0.4) is 0 Å². The van der Waals surface area contributed by atoms with Gasteiger partial charge in [0.25, 0.3) is 0 Å². The first-order valence-corrected chi connectivity index (χ1v) is 6.93. The molecule has 21 heavy (non-hydrogen) atoms. The van der Waals surface area contributed by atoms with Crippen molar-refractivity contribution in [3.8, 4) is 0 Å². The van der Waals surface area contributed by atoms with Crippen LogP contribution in [-0.2, 0) is 6.54 Å². The van der Waals surface area contributed by atoms with E-state index in [1.807, 2.05) is 10.6 Å². The molecule has 2 aromatic heterocycles. The van der Waals surface area contributed by atoms with E-state index in [9.17, 15) is 4.39 Å². The molecule has 0 amide bonds. The maximum Gasteiger partial charge on any atom is 0.125 e. The molecule has 1 N–H and O–H groups in total. The Balaban J connectivity index is 1.55. The lowest BCUT2D eigenvalue weighted by atomic mass is 10.2. The molecule has 0 atom stereocenters. The van der Waals surface area contributed by atoms with Crippen molar-refractivity contribution < 1.29 is 4.39 Å². The maximum atomic E-state index is 13.2. The monoisotopic (exact) mass is 285 g/mol. The normalized spacial score (nSPS) is 10.9. The van der Waals surface area contributed by atoms with E-state index in [0.717, 1.165) is 37.0 Å². The zero-order valence-electron chi connectivity index (χ0n) is 11.5. The molecule has 3 rings (SSSR count). The fourth-order valence-corrected chi connectivity index (χ4v) is 2.26. The zero-order valence-corrected chi connectivity index (χ0v) is 11.5. The van der Waals surface area contributed by atoms with E-state index in [1.165, 1.54) is 12.1 Å². The van der Waals surface area contributed by atoms with Crippen molar-refractivity contribution in [1.29, 1.82) is 0 Å². The lowest BCUT2D eigenvalue weighted by Gasteiger charge is -2.09. The number of halogens is 1. The van der Waals surface area contributed by atoms with Crippen LogP contribution in [0.5, 0.6) is 0 Å². The number of fused-ring (bicyclic) bond motifs is 1. The van der Waals surface area contributed by atoms with Gasteiger partial charge in [-0.05, 0) is 31.0 Å². The molecule has 108 valence electrons. The van der Waals surface area contributed by atoms with Crippen LogP contribution in [-0.4, -0.2) is 26.3 Å². The molecule has 2 heterocycles. The van der Waals surface area contributed by atoms with E-state index in [-0.39, 0.29) is 5.82 Å². The van der Waals surface area contributed by atoms with E-state index in [4.69, 9.17) is 0 Å². The first-order chi connectivity index (χ1) is 10.3. The second kappa shape index (κ2) is 6.30. The summed E-state index contributed by atoms with van der Waals surface area (Å²) in [6.45, 7) is 1.77. The van der Waals surface area contributed by atoms with Gasteiger partial charge in [-0.15, -0.1) is 10.2 Å². The highest BCUT2D eigenvalue weighted by atomic mass is 19.1. The number of nitrogens with one attached hydrogen (secondary N) is 1. The molecule has 5 nitrogen and oxygen atoms in total. The number of aromatic nitrogens is 4. The Morgan fingerprint density at radius 1 is 1.10 bits per heavy atom. The molecule has 0 radical (unpaired) electrons. The fraction of sp³-hybridized carbons (Fsp3) is 0.267. The highest BCUT2D eigenvalue weighted by molar-refractivity contribution is 5.90. The minimum atomic E-state index is -0.263. The van der Waals surface area contributed by atoms with Gasteiger partial charge >= 0.3 is 0 Å². The van der Waals surface area contributed by atoms with Crippen LogP contribution in [0.15, 0.2) is 43.1 Å². The van der Waals surface area contributed by atoms with Crippen molar-refractivity contribution in [2.75, 3.05) is 11.9 Å². The number of pyridine rings is 1. The molecule has 0 saturated heterocycles. The third-order valence-electron chi connectivity index (χ3n) is 3.33. The number of hydrogen-bond donors (Lipinski definition) is 1. The van der Waals surface area contributed by atoms with Gasteiger partial charge in [-0.3, -0.25) is 4.98 Å². The summed E-state index contributed by atoms with van der Waals surface area (Å²) in [7, 11) is 0. The lowest BCUT2D eigenvalue weighted by molar-refractivity contribution is 0.619. The van der Waals surface area contributed by atoms with Gasteiger partial charge in [0, 0.05) is 36.4 Å². The fourth-order valence-electron chi connectivity index (χ4n) is 2.26. The summed E-state index contributed by atoms with van der Waals surface area (Å²) in [5.41, 5.74) is 1.66. The van der Waals surface area contributed by atoms with Gasteiger partial charge in [-0.25, -0.2) is 4.39 Å². The average Bonchev–Trinajstić information content (AvgIpc) is 3.00. The van der Waals surface area contributed by atoms with E-state index in [0.29, 0.717) is 5.52 Å². The van der Waals surface area contributed by atoms with E-state index < -0.39 is 0 Å². The molecule has 6 heteroatoms. The van der Waals surface area contributed by atoms with Gasteiger partial charge in [0.1, 0.15) is 18.5 Å². The van der Waals surface area contributed by atoms with Crippen molar-refractivity contribution in [3.63, 3.8) is 0 Å². The largest absolute Gasteiger partial charge is 0.384 e. The topological polar surface area (TPSA) is 55.6 Å². The number of aryl methyl sites for hydroxylation is 1. The van der Waals surface area contributed by atoms with Gasteiger partial charge in [-0.2, -0.15) is 0 Å². The second-order valence-electron chi connectivity index (χ2n) is 4.85. The Labute approximate surface area is 121 Å². The van der Waals surface area contributed by atoms with Crippen LogP contribution >= 0.6 is 0 Å². The number of hydrogen-bond acceptors (Lipinski definition) is 4. The molecule has 0 bridgehead atoms.